The number of carbonyl (C=O) groups is 1. The van der Waals surface area contributed by atoms with Gasteiger partial charge < -0.3 is 4.57 Å². The van der Waals surface area contributed by atoms with Crippen LogP contribution in [0.3, 0.4) is 0 Å². The van der Waals surface area contributed by atoms with Gasteiger partial charge in [-0.05, 0) is 36.4 Å². The van der Waals surface area contributed by atoms with Gasteiger partial charge in [0.25, 0.3) is 5.91 Å². The molecule has 0 aliphatic heterocycles. The number of hydrogen-bond acceptors (Lipinski definition) is 5. The van der Waals surface area contributed by atoms with Crippen molar-refractivity contribution in [2.24, 2.45) is 12.1 Å². The zero-order chi connectivity index (χ0) is 20.1. The van der Waals surface area contributed by atoms with E-state index in [2.05, 4.69) is 20.7 Å². The van der Waals surface area contributed by atoms with Gasteiger partial charge in [0.05, 0.1) is 17.0 Å². The van der Waals surface area contributed by atoms with Crippen molar-refractivity contribution in [3.05, 3.63) is 63.1 Å². The molecule has 0 aliphatic carbocycles. The van der Waals surface area contributed by atoms with Crippen LogP contribution in [0.1, 0.15) is 5.56 Å². The van der Waals surface area contributed by atoms with Crippen molar-refractivity contribution >= 4 is 58.7 Å². The number of amides is 1. The molecule has 0 radical (unpaired) electrons. The number of nitrogens with zero attached hydrogens (tertiary/aromatic N) is 4. The molecule has 3 rings (SSSR count). The molecular weight excluding hydrogens is 441 g/mol. The summed E-state index contributed by atoms with van der Waals surface area (Å²) in [7, 11) is 1.84. The second-order valence-corrected chi connectivity index (χ2v) is 7.84. The average molecular weight is 455 g/mol. The first-order valence-corrected chi connectivity index (χ1v) is 10.1. The first-order valence-electron chi connectivity index (χ1n) is 7.99. The molecule has 0 bridgehead atoms. The maximum atomic E-state index is 12.0. The molecular formula is C18H14Cl3N5OS. The highest BCUT2D eigenvalue weighted by molar-refractivity contribution is 7.99. The van der Waals surface area contributed by atoms with Crippen molar-refractivity contribution in [2.45, 2.75) is 5.16 Å². The monoisotopic (exact) mass is 453 g/mol. The van der Waals surface area contributed by atoms with E-state index in [9.17, 15) is 4.79 Å². The lowest BCUT2D eigenvalue weighted by molar-refractivity contribution is -0.118. The highest BCUT2D eigenvalue weighted by Crippen LogP contribution is 2.24. The van der Waals surface area contributed by atoms with Crippen LogP contribution in [-0.4, -0.2) is 32.6 Å². The Labute approximate surface area is 180 Å². The van der Waals surface area contributed by atoms with Gasteiger partial charge in [0.1, 0.15) is 0 Å². The predicted molar refractivity (Wildman–Crippen MR) is 114 cm³/mol. The topological polar surface area (TPSA) is 72.2 Å². The number of hydrazone groups is 1. The van der Waals surface area contributed by atoms with Gasteiger partial charge in [0, 0.05) is 28.2 Å². The summed E-state index contributed by atoms with van der Waals surface area (Å²) in [6.45, 7) is 0. The van der Waals surface area contributed by atoms with Crippen LogP contribution >= 0.6 is 46.6 Å². The lowest BCUT2D eigenvalue weighted by Gasteiger charge is -2.04. The predicted octanol–water partition coefficient (Wildman–Crippen LogP) is 4.68. The summed E-state index contributed by atoms with van der Waals surface area (Å²) in [4.78, 5) is 12.0. The maximum absolute atomic E-state index is 12.0. The number of rotatable bonds is 6. The Balaban J connectivity index is 1.56. The minimum atomic E-state index is -0.276. The van der Waals surface area contributed by atoms with E-state index in [1.807, 2.05) is 23.7 Å². The quantitative estimate of drug-likeness (QED) is 0.333. The molecule has 0 aliphatic rings. The lowest BCUT2D eigenvalue weighted by Crippen LogP contribution is -2.20. The molecule has 3 aromatic rings. The molecule has 0 atom stereocenters. The summed E-state index contributed by atoms with van der Waals surface area (Å²) in [5.41, 5.74) is 4.00. The Morgan fingerprint density at radius 1 is 1.14 bits per heavy atom. The van der Waals surface area contributed by atoms with E-state index in [0.29, 0.717) is 31.6 Å². The van der Waals surface area contributed by atoms with Crippen LogP contribution in [0.25, 0.3) is 11.4 Å². The second kappa shape index (κ2) is 9.43. The van der Waals surface area contributed by atoms with Crippen LogP contribution in [0, 0.1) is 0 Å². The zero-order valence-corrected chi connectivity index (χ0v) is 17.6. The third-order valence-corrected chi connectivity index (χ3v) is 5.46. The number of halogens is 3. The fourth-order valence-corrected chi connectivity index (χ4v) is 3.52. The molecule has 144 valence electrons. The summed E-state index contributed by atoms with van der Waals surface area (Å²) in [5.74, 6) is 0.551. The number of aromatic nitrogens is 3. The van der Waals surface area contributed by atoms with Crippen LogP contribution in [0.2, 0.25) is 15.1 Å². The molecule has 0 saturated carbocycles. The lowest BCUT2D eigenvalue weighted by atomic mass is 10.2. The highest BCUT2D eigenvalue weighted by atomic mass is 35.5. The molecule has 6 nitrogen and oxygen atoms in total. The minimum Gasteiger partial charge on any atom is -0.305 e. The molecule has 1 amide bonds. The largest absolute Gasteiger partial charge is 0.305 e. The third kappa shape index (κ3) is 5.26. The fourth-order valence-electron chi connectivity index (χ4n) is 2.23. The average Bonchev–Trinajstić information content (AvgIpc) is 3.03. The van der Waals surface area contributed by atoms with E-state index >= 15 is 0 Å². The van der Waals surface area contributed by atoms with Crippen LogP contribution in [-0.2, 0) is 11.8 Å². The molecule has 1 heterocycles. The number of hydrogen-bond donors (Lipinski definition) is 1. The summed E-state index contributed by atoms with van der Waals surface area (Å²) < 4.78 is 1.82. The molecule has 0 saturated heterocycles. The highest BCUT2D eigenvalue weighted by Gasteiger charge is 2.12. The zero-order valence-electron chi connectivity index (χ0n) is 14.6. The molecule has 0 unspecified atom stereocenters. The number of benzene rings is 2. The smallest absolute Gasteiger partial charge is 0.250 e. The van der Waals surface area contributed by atoms with Gasteiger partial charge in [-0.25, -0.2) is 5.43 Å². The molecule has 10 heteroatoms. The molecule has 1 N–H and O–H groups in total. The van der Waals surface area contributed by atoms with Gasteiger partial charge in [-0.15, -0.1) is 10.2 Å². The Morgan fingerprint density at radius 2 is 1.86 bits per heavy atom. The summed E-state index contributed by atoms with van der Waals surface area (Å²) in [6, 6.07) is 12.3. The van der Waals surface area contributed by atoms with Crippen molar-refractivity contribution in [3.63, 3.8) is 0 Å². The van der Waals surface area contributed by atoms with E-state index in [4.69, 9.17) is 34.8 Å². The minimum absolute atomic E-state index is 0.137. The Hall–Kier alpha value is -2.06. The van der Waals surface area contributed by atoms with Crippen LogP contribution in [0.15, 0.2) is 52.7 Å². The van der Waals surface area contributed by atoms with Gasteiger partial charge in [-0.1, -0.05) is 52.6 Å². The molecule has 0 fully saturated rings. The van der Waals surface area contributed by atoms with Gasteiger partial charge in [0.2, 0.25) is 0 Å². The maximum Gasteiger partial charge on any atom is 0.250 e. The second-order valence-electron chi connectivity index (χ2n) is 5.62. The van der Waals surface area contributed by atoms with Crippen LogP contribution in [0.5, 0.6) is 0 Å². The number of carbonyl (C=O) groups excluding carboxylic acids is 1. The van der Waals surface area contributed by atoms with Crippen LogP contribution in [0.4, 0.5) is 0 Å². The van der Waals surface area contributed by atoms with Crippen molar-refractivity contribution in [2.75, 3.05) is 5.75 Å². The third-order valence-electron chi connectivity index (χ3n) is 3.63. The SMILES string of the molecule is Cn1c(SCC(=O)N/N=C/c2ccc(Cl)cc2Cl)nnc1-c1ccc(Cl)cc1. The van der Waals surface area contributed by atoms with Crippen molar-refractivity contribution in [3.8, 4) is 11.4 Å². The van der Waals surface area contributed by atoms with Gasteiger partial charge in [-0.2, -0.15) is 5.10 Å². The molecule has 2 aromatic carbocycles. The van der Waals surface area contributed by atoms with E-state index < -0.39 is 0 Å². The first kappa shape index (κ1) is 20.7. The standard InChI is InChI=1S/C18H14Cl3N5OS/c1-26-17(11-2-5-13(19)6-3-11)24-25-18(26)28-10-16(27)23-22-9-12-4-7-14(20)8-15(12)21/h2-9H,10H2,1H3,(H,23,27)/b22-9+. The Kier molecular flexibility index (Phi) is 6.96. The number of thioether (sulfide) groups is 1. The van der Waals surface area contributed by atoms with Crippen molar-refractivity contribution in [1.29, 1.82) is 0 Å². The normalized spacial score (nSPS) is 11.1. The van der Waals surface area contributed by atoms with Crippen molar-refractivity contribution in [1.82, 2.24) is 20.2 Å². The Morgan fingerprint density at radius 3 is 2.57 bits per heavy atom. The molecule has 0 spiro atoms. The molecule has 1 aromatic heterocycles. The van der Waals surface area contributed by atoms with Gasteiger partial charge >= 0.3 is 0 Å². The molecule has 28 heavy (non-hydrogen) atoms. The van der Waals surface area contributed by atoms with Crippen molar-refractivity contribution < 1.29 is 4.79 Å². The summed E-state index contributed by atoms with van der Waals surface area (Å²) in [6.07, 6.45) is 1.46. The number of nitrogens with one attached hydrogen (secondary N) is 1. The van der Waals surface area contributed by atoms with Gasteiger partial charge in [-0.3, -0.25) is 4.79 Å². The Bertz CT molecular complexity index is 1020. The summed E-state index contributed by atoms with van der Waals surface area (Å²) in [5, 5.41) is 14.5. The van der Waals surface area contributed by atoms with E-state index in [-0.39, 0.29) is 11.7 Å². The first-order chi connectivity index (χ1) is 13.4. The van der Waals surface area contributed by atoms with E-state index in [0.717, 1.165) is 5.56 Å². The van der Waals surface area contributed by atoms with E-state index in [1.165, 1.54) is 18.0 Å². The fraction of sp³-hybridized carbons (Fsp3) is 0.111. The van der Waals surface area contributed by atoms with Gasteiger partial charge in [0.15, 0.2) is 11.0 Å². The van der Waals surface area contributed by atoms with E-state index in [1.54, 1.807) is 30.3 Å². The summed E-state index contributed by atoms with van der Waals surface area (Å²) >= 11 is 19.1. The van der Waals surface area contributed by atoms with Crippen LogP contribution < -0.4 is 5.43 Å².